The molecule has 0 aliphatic heterocycles. The van der Waals surface area contributed by atoms with Crippen LogP contribution in [0.25, 0.3) is 0 Å². The van der Waals surface area contributed by atoms with E-state index in [1.54, 1.807) is 0 Å². The van der Waals surface area contributed by atoms with Crippen molar-refractivity contribution >= 4 is 0 Å². The number of furan rings is 1. The Balaban J connectivity index is 2.20. The van der Waals surface area contributed by atoms with Gasteiger partial charge in [0.15, 0.2) is 0 Å². The van der Waals surface area contributed by atoms with Gasteiger partial charge in [-0.2, -0.15) is 0 Å². The van der Waals surface area contributed by atoms with Crippen molar-refractivity contribution in [3.05, 3.63) is 23.7 Å². The molecule has 0 atom stereocenters. The van der Waals surface area contributed by atoms with Crippen molar-refractivity contribution in [2.45, 2.75) is 59.4 Å². The zero-order chi connectivity index (χ0) is 14.3. The summed E-state index contributed by atoms with van der Waals surface area (Å²) in [5, 5.41) is 3.39. The summed E-state index contributed by atoms with van der Waals surface area (Å²) in [6.45, 7) is 12.9. The van der Waals surface area contributed by atoms with E-state index in [9.17, 15) is 0 Å². The summed E-state index contributed by atoms with van der Waals surface area (Å²) in [5.41, 5.74) is 0.0949. The molecule has 1 aromatic heterocycles. The summed E-state index contributed by atoms with van der Waals surface area (Å²) in [7, 11) is 0. The number of rotatable bonds is 8. The smallest absolute Gasteiger partial charge is 0.129 e. The largest absolute Gasteiger partial charge is 0.462 e. The molecule has 0 spiro atoms. The van der Waals surface area contributed by atoms with E-state index in [0.717, 1.165) is 18.1 Å². The predicted octanol–water partition coefficient (Wildman–Crippen LogP) is 3.11. The fraction of sp³-hybridized carbons (Fsp3) is 0.733. The van der Waals surface area contributed by atoms with E-state index in [1.165, 1.54) is 0 Å². The van der Waals surface area contributed by atoms with Crippen LogP contribution in [0.3, 0.4) is 0 Å². The average molecular weight is 269 g/mol. The molecule has 1 heterocycles. The molecule has 4 heteroatoms. The van der Waals surface area contributed by atoms with Crippen LogP contribution in [0.2, 0.25) is 0 Å². The third-order valence-electron chi connectivity index (χ3n) is 2.43. The lowest BCUT2D eigenvalue weighted by atomic mass is 10.1. The molecular weight excluding hydrogens is 242 g/mol. The Labute approximate surface area is 116 Å². The van der Waals surface area contributed by atoms with Crippen molar-refractivity contribution in [1.82, 2.24) is 5.32 Å². The molecule has 0 amide bonds. The number of hydrogen-bond acceptors (Lipinski definition) is 4. The zero-order valence-corrected chi connectivity index (χ0v) is 12.8. The van der Waals surface area contributed by atoms with E-state index >= 15 is 0 Å². The van der Waals surface area contributed by atoms with Gasteiger partial charge in [0.1, 0.15) is 18.1 Å². The second kappa shape index (κ2) is 7.68. The van der Waals surface area contributed by atoms with Gasteiger partial charge in [-0.15, -0.1) is 0 Å². The second-order valence-electron chi connectivity index (χ2n) is 5.94. The van der Waals surface area contributed by atoms with Gasteiger partial charge in [0, 0.05) is 5.54 Å². The van der Waals surface area contributed by atoms with Gasteiger partial charge >= 0.3 is 0 Å². The molecule has 19 heavy (non-hydrogen) atoms. The van der Waals surface area contributed by atoms with Crippen molar-refractivity contribution < 1.29 is 13.9 Å². The highest BCUT2D eigenvalue weighted by atomic mass is 16.5. The normalized spacial score (nSPS) is 12.3. The van der Waals surface area contributed by atoms with Crippen LogP contribution in [-0.2, 0) is 22.6 Å². The Hall–Kier alpha value is -0.840. The van der Waals surface area contributed by atoms with Crippen LogP contribution in [0.4, 0.5) is 0 Å². The number of nitrogens with one attached hydrogen (secondary N) is 1. The first-order valence-electron chi connectivity index (χ1n) is 6.89. The van der Waals surface area contributed by atoms with E-state index < -0.39 is 0 Å². The maximum atomic E-state index is 5.68. The standard InChI is InChI=1S/C15H27NO3/c1-12(2)18-9-8-17-11-14-7-6-13(19-14)10-16-15(3,4)5/h6-7,12,16H,8-11H2,1-5H3. The number of hydrogen-bond donors (Lipinski definition) is 1. The minimum absolute atomic E-state index is 0.0949. The third-order valence-corrected chi connectivity index (χ3v) is 2.43. The summed E-state index contributed by atoms with van der Waals surface area (Å²) < 4.78 is 16.6. The van der Waals surface area contributed by atoms with Crippen LogP contribution in [0, 0.1) is 0 Å². The monoisotopic (exact) mass is 269 g/mol. The maximum Gasteiger partial charge on any atom is 0.129 e. The summed E-state index contributed by atoms with van der Waals surface area (Å²) in [6, 6.07) is 3.95. The molecule has 0 aliphatic rings. The topological polar surface area (TPSA) is 43.6 Å². The average Bonchev–Trinajstić information content (AvgIpc) is 2.72. The van der Waals surface area contributed by atoms with Crippen LogP contribution < -0.4 is 5.32 Å². The molecule has 1 N–H and O–H groups in total. The molecule has 1 aromatic rings. The van der Waals surface area contributed by atoms with E-state index in [-0.39, 0.29) is 11.6 Å². The highest BCUT2D eigenvalue weighted by Crippen LogP contribution is 2.10. The van der Waals surface area contributed by atoms with Gasteiger partial charge in [-0.25, -0.2) is 0 Å². The minimum atomic E-state index is 0.0949. The van der Waals surface area contributed by atoms with Crippen LogP contribution in [0.1, 0.15) is 46.1 Å². The lowest BCUT2D eigenvalue weighted by Gasteiger charge is -2.19. The first-order valence-corrected chi connectivity index (χ1v) is 6.89. The van der Waals surface area contributed by atoms with E-state index in [1.807, 2.05) is 26.0 Å². The van der Waals surface area contributed by atoms with Crippen LogP contribution in [-0.4, -0.2) is 24.9 Å². The van der Waals surface area contributed by atoms with Crippen molar-refractivity contribution in [3.63, 3.8) is 0 Å². The van der Waals surface area contributed by atoms with Gasteiger partial charge < -0.3 is 19.2 Å². The van der Waals surface area contributed by atoms with Crippen molar-refractivity contribution in [2.24, 2.45) is 0 Å². The molecule has 110 valence electrons. The fourth-order valence-electron chi connectivity index (χ4n) is 1.46. The SMILES string of the molecule is CC(C)OCCOCc1ccc(CNC(C)(C)C)o1. The zero-order valence-electron chi connectivity index (χ0n) is 12.8. The molecular formula is C15H27NO3. The van der Waals surface area contributed by atoms with Gasteiger partial charge in [0.2, 0.25) is 0 Å². The van der Waals surface area contributed by atoms with Crippen LogP contribution in [0.15, 0.2) is 16.5 Å². The Morgan fingerprint density at radius 1 is 1.16 bits per heavy atom. The maximum absolute atomic E-state index is 5.68. The Morgan fingerprint density at radius 3 is 2.47 bits per heavy atom. The lowest BCUT2D eigenvalue weighted by Crippen LogP contribution is -2.34. The van der Waals surface area contributed by atoms with Gasteiger partial charge in [0.05, 0.1) is 25.9 Å². The molecule has 0 radical (unpaired) electrons. The van der Waals surface area contributed by atoms with Gasteiger partial charge in [0.25, 0.3) is 0 Å². The first kappa shape index (κ1) is 16.2. The summed E-state index contributed by atoms with van der Waals surface area (Å²) in [4.78, 5) is 0. The van der Waals surface area contributed by atoms with Gasteiger partial charge in [-0.3, -0.25) is 0 Å². The van der Waals surface area contributed by atoms with Crippen molar-refractivity contribution in [1.29, 1.82) is 0 Å². The fourth-order valence-corrected chi connectivity index (χ4v) is 1.46. The molecule has 0 unspecified atom stereocenters. The highest BCUT2D eigenvalue weighted by molar-refractivity contribution is 5.06. The lowest BCUT2D eigenvalue weighted by molar-refractivity contribution is 0.0101. The third kappa shape index (κ3) is 8.03. The quantitative estimate of drug-likeness (QED) is 0.736. The van der Waals surface area contributed by atoms with Crippen molar-refractivity contribution in [2.75, 3.05) is 13.2 Å². The van der Waals surface area contributed by atoms with Crippen LogP contribution >= 0.6 is 0 Å². The molecule has 4 nitrogen and oxygen atoms in total. The molecule has 0 aromatic carbocycles. The van der Waals surface area contributed by atoms with Crippen LogP contribution in [0.5, 0.6) is 0 Å². The first-order chi connectivity index (χ1) is 8.87. The summed E-state index contributed by atoms with van der Waals surface area (Å²) in [5.74, 6) is 1.79. The Kier molecular flexibility index (Phi) is 6.55. The Morgan fingerprint density at radius 2 is 1.84 bits per heavy atom. The predicted molar refractivity (Wildman–Crippen MR) is 76.0 cm³/mol. The summed E-state index contributed by atoms with van der Waals surface area (Å²) in [6.07, 6.45) is 0.252. The van der Waals surface area contributed by atoms with Gasteiger partial charge in [-0.05, 0) is 46.8 Å². The molecule has 0 saturated carbocycles. The molecule has 0 aliphatic carbocycles. The molecule has 0 fully saturated rings. The molecule has 0 saturated heterocycles. The van der Waals surface area contributed by atoms with E-state index in [0.29, 0.717) is 19.8 Å². The van der Waals surface area contributed by atoms with E-state index in [4.69, 9.17) is 13.9 Å². The van der Waals surface area contributed by atoms with Gasteiger partial charge in [-0.1, -0.05) is 0 Å². The molecule has 1 rings (SSSR count). The minimum Gasteiger partial charge on any atom is -0.462 e. The number of ether oxygens (including phenoxy) is 2. The van der Waals surface area contributed by atoms with Crippen molar-refractivity contribution in [3.8, 4) is 0 Å². The Bertz CT molecular complexity index is 353. The van der Waals surface area contributed by atoms with E-state index in [2.05, 4.69) is 26.1 Å². The molecule has 0 bridgehead atoms. The highest BCUT2D eigenvalue weighted by Gasteiger charge is 2.10. The second-order valence-corrected chi connectivity index (χ2v) is 5.94. The summed E-state index contributed by atoms with van der Waals surface area (Å²) >= 11 is 0.